The average molecular weight is 623 g/mol. The number of sulfonamides is 1. The van der Waals surface area contributed by atoms with Gasteiger partial charge in [-0.1, -0.05) is 12.1 Å². The first-order valence-corrected chi connectivity index (χ1v) is 13.8. The van der Waals surface area contributed by atoms with Gasteiger partial charge in [-0.15, -0.1) is 0 Å². The fourth-order valence-electron chi connectivity index (χ4n) is 3.74. The Hall–Kier alpha value is -3.86. The molecule has 0 unspecified atom stereocenters. The second kappa shape index (κ2) is 11.9. The standard InChI is InChI=1S/C24H20F6N4O5S2/c1-14(36)32-41(38,39)12-33(2)22(37)21(40-13-35)8-15-3-6-20-17(7-15)10-31-34(20)11-16-4-5-18(23(25,26)27)9-19(16)24(28,29)30/h3-10,13H,11-12H2,1-2H3,(H,32,36). The third-order valence-electron chi connectivity index (χ3n) is 5.42. The van der Waals surface area contributed by atoms with Crippen molar-refractivity contribution in [3.8, 4) is 0 Å². The molecule has 1 aromatic heterocycles. The number of carbonyl (C=O) groups excluding carboxylic acids is 3. The molecule has 220 valence electrons. The molecule has 2 amide bonds. The summed E-state index contributed by atoms with van der Waals surface area (Å²) in [5, 5.41) is 4.43. The predicted molar refractivity (Wildman–Crippen MR) is 138 cm³/mol. The van der Waals surface area contributed by atoms with E-state index in [2.05, 4.69) is 5.10 Å². The fourth-order valence-corrected chi connectivity index (χ4v) is 5.43. The molecule has 3 aromatic rings. The van der Waals surface area contributed by atoms with Gasteiger partial charge in [0.25, 0.3) is 15.9 Å². The molecular weight excluding hydrogens is 602 g/mol. The summed E-state index contributed by atoms with van der Waals surface area (Å²) in [6, 6.07) is 5.73. The minimum Gasteiger partial charge on any atom is -0.325 e. The second-order valence-corrected chi connectivity index (χ2v) is 11.2. The molecule has 0 radical (unpaired) electrons. The highest BCUT2D eigenvalue weighted by atomic mass is 32.2. The summed E-state index contributed by atoms with van der Waals surface area (Å²) in [6.45, 7) is 0.480. The number of nitrogens with one attached hydrogen (secondary N) is 1. The Morgan fingerprint density at radius 1 is 1.07 bits per heavy atom. The molecule has 0 aliphatic heterocycles. The van der Waals surface area contributed by atoms with Crippen molar-refractivity contribution in [3.05, 3.63) is 69.8 Å². The number of halogens is 6. The van der Waals surface area contributed by atoms with Crippen molar-refractivity contribution >= 4 is 56.2 Å². The summed E-state index contributed by atoms with van der Waals surface area (Å²) in [4.78, 5) is 35.6. The number of benzene rings is 2. The fraction of sp³-hybridized carbons (Fsp3) is 0.250. The minimum atomic E-state index is -5.05. The van der Waals surface area contributed by atoms with Crippen molar-refractivity contribution in [1.29, 1.82) is 0 Å². The first kappa shape index (κ1) is 31.7. The van der Waals surface area contributed by atoms with Crippen molar-refractivity contribution in [3.63, 3.8) is 0 Å². The molecule has 1 N–H and O–H groups in total. The van der Waals surface area contributed by atoms with Crippen LogP contribution in [0.2, 0.25) is 0 Å². The Bertz CT molecular complexity index is 1630. The van der Waals surface area contributed by atoms with Gasteiger partial charge in [-0.3, -0.25) is 23.8 Å². The van der Waals surface area contributed by atoms with Gasteiger partial charge in [-0.05, 0) is 53.2 Å². The second-order valence-electron chi connectivity index (χ2n) is 8.62. The number of aromatic nitrogens is 2. The number of thioether (sulfide) groups is 1. The molecule has 0 atom stereocenters. The molecule has 0 aliphatic carbocycles. The molecule has 9 nitrogen and oxygen atoms in total. The molecule has 1 heterocycles. The van der Waals surface area contributed by atoms with Crippen LogP contribution in [-0.2, 0) is 43.3 Å². The zero-order valence-electron chi connectivity index (χ0n) is 21.1. The SMILES string of the molecule is CC(=O)NS(=O)(=O)CN(C)C(=O)C(=Cc1ccc2c(cnn2Cc2ccc(C(F)(F)F)cc2C(F)(F)F)c1)SC=O. The van der Waals surface area contributed by atoms with Crippen LogP contribution in [0.15, 0.2) is 47.5 Å². The molecule has 0 spiro atoms. The number of alkyl halides is 6. The van der Waals surface area contributed by atoms with Gasteiger partial charge in [0.05, 0.1) is 34.3 Å². The Kier molecular flexibility index (Phi) is 9.22. The Morgan fingerprint density at radius 3 is 2.34 bits per heavy atom. The van der Waals surface area contributed by atoms with E-state index in [0.717, 1.165) is 29.6 Å². The van der Waals surface area contributed by atoms with Crippen LogP contribution in [-0.4, -0.2) is 53.5 Å². The number of nitrogens with zero attached hydrogens (tertiary/aromatic N) is 3. The van der Waals surface area contributed by atoms with Crippen LogP contribution in [0.3, 0.4) is 0 Å². The van der Waals surface area contributed by atoms with E-state index in [4.69, 9.17) is 0 Å². The normalized spacial score (nSPS) is 12.8. The van der Waals surface area contributed by atoms with E-state index in [1.165, 1.54) is 30.5 Å². The molecule has 17 heteroatoms. The van der Waals surface area contributed by atoms with Gasteiger partial charge < -0.3 is 4.90 Å². The average Bonchev–Trinajstić information content (AvgIpc) is 3.22. The van der Waals surface area contributed by atoms with Crippen molar-refractivity contribution in [2.45, 2.75) is 25.8 Å². The first-order valence-electron chi connectivity index (χ1n) is 11.2. The maximum absolute atomic E-state index is 13.6. The van der Waals surface area contributed by atoms with Gasteiger partial charge >= 0.3 is 12.4 Å². The van der Waals surface area contributed by atoms with E-state index in [1.54, 1.807) is 4.72 Å². The van der Waals surface area contributed by atoms with E-state index < -0.39 is 63.3 Å². The molecule has 0 saturated heterocycles. The van der Waals surface area contributed by atoms with Crippen molar-refractivity contribution < 1.29 is 49.1 Å². The largest absolute Gasteiger partial charge is 0.416 e. The van der Waals surface area contributed by atoms with Crippen LogP contribution < -0.4 is 4.72 Å². The number of fused-ring (bicyclic) bond motifs is 1. The highest BCUT2D eigenvalue weighted by Gasteiger charge is 2.38. The highest BCUT2D eigenvalue weighted by Crippen LogP contribution is 2.37. The zero-order valence-corrected chi connectivity index (χ0v) is 22.7. The molecule has 0 aliphatic rings. The third-order valence-corrected chi connectivity index (χ3v) is 7.39. The summed E-state index contributed by atoms with van der Waals surface area (Å²) < 4.78 is 106. The number of likely N-dealkylation sites (N-methyl/N-ethyl adjacent to an activating group) is 1. The van der Waals surface area contributed by atoms with Gasteiger partial charge in [-0.25, -0.2) is 8.42 Å². The van der Waals surface area contributed by atoms with Gasteiger partial charge in [0, 0.05) is 19.4 Å². The smallest absolute Gasteiger partial charge is 0.325 e. The Labute approximate surface area is 233 Å². The Balaban J connectivity index is 1.92. The highest BCUT2D eigenvalue weighted by molar-refractivity contribution is 8.16. The van der Waals surface area contributed by atoms with Crippen molar-refractivity contribution in [2.75, 3.05) is 12.9 Å². The number of rotatable bonds is 9. The summed E-state index contributed by atoms with van der Waals surface area (Å²) in [6.07, 6.45) is -7.44. The van der Waals surface area contributed by atoms with Gasteiger partial charge in [0.2, 0.25) is 5.91 Å². The van der Waals surface area contributed by atoms with Crippen molar-refractivity contribution in [2.24, 2.45) is 0 Å². The lowest BCUT2D eigenvalue weighted by Gasteiger charge is -2.18. The molecule has 3 rings (SSSR count). The maximum atomic E-state index is 13.6. The first-order chi connectivity index (χ1) is 18.9. The van der Waals surface area contributed by atoms with E-state index in [9.17, 15) is 49.1 Å². The zero-order chi connectivity index (χ0) is 30.8. The molecule has 0 fully saturated rings. The lowest BCUT2D eigenvalue weighted by atomic mass is 10.0. The van der Waals surface area contributed by atoms with Gasteiger partial charge in [0.1, 0.15) is 5.88 Å². The molecule has 0 saturated carbocycles. The van der Waals surface area contributed by atoms with Crippen molar-refractivity contribution in [1.82, 2.24) is 19.4 Å². The summed E-state index contributed by atoms with van der Waals surface area (Å²) in [5.41, 5.74) is -2.31. The van der Waals surface area contributed by atoms with E-state index in [1.807, 2.05) is 0 Å². The van der Waals surface area contributed by atoms with E-state index in [0.29, 0.717) is 39.9 Å². The molecule has 2 aromatic carbocycles. The minimum absolute atomic E-state index is 0.0472. The number of carbonyl (C=O) groups is 3. The topological polar surface area (TPSA) is 118 Å². The predicted octanol–water partition coefficient (Wildman–Crippen LogP) is 4.27. The molecule has 41 heavy (non-hydrogen) atoms. The van der Waals surface area contributed by atoms with Crippen LogP contribution in [0, 0.1) is 0 Å². The van der Waals surface area contributed by atoms with E-state index in [-0.39, 0.29) is 11.0 Å². The lowest BCUT2D eigenvalue weighted by Crippen LogP contribution is -2.40. The lowest BCUT2D eigenvalue weighted by molar-refractivity contribution is -0.143. The molecular formula is C24H20F6N4O5S2. The van der Waals surface area contributed by atoms with Crippen LogP contribution in [0.1, 0.15) is 29.2 Å². The third kappa shape index (κ3) is 8.09. The number of hydrogen-bond acceptors (Lipinski definition) is 7. The van der Waals surface area contributed by atoms with Gasteiger partial charge in [0.15, 0.2) is 5.62 Å². The summed E-state index contributed by atoms with van der Waals surface area (Å²) >= 11 is 0.466. The monoisotopic (exact) mass is 622 g/mol. The van der Waals surface area contributed by atoms with Crippen LogP contribution in [0.5, 0.6) is 0 Å². The molecule has 0 bridgehead atoms. The maximum Gasteiger partial charge on any atom is 0.416 e. The van der Waals surface area contributed by atoms with Gasteiger partial charge in [-0.2, -0.15) is 31.4 Å². The summed E-state index contributed by atoms with van der Waals surface area (Å²) in [7, 11) is -3.03. The number of hydrogen-bond donors (Lipinski definition) is 1. The van der Waals surface area contributed by atoms with Crippen LogP contribution in [0.25, 0.3) is 17.0 Å². The Morgan fingerprint density at radius 2 is 1.76 bits per heavy atom. The summed E-state index contributed by atoms with van der Waals surface area (Å²) in [5.74, 6) is -2.59. The number of amides is 2. The van der Waals surface area contributed by atoms with Crippen LogP contribution in [0.4, 0.5) is 26.3 Å². The van der Waals surface area contributed by atoms with E-state index >= 15 is 0 Å². The quantitative estimate of drug-likeness (QED) is 0.215. The van der Waals surface area contributed by atoms with Crippen LogP contribution >= 0.6 is 11.8 Å².